The number of aromatic nitrogens is 4. The molecule has 2 heterocycles. The zero-order chi connectivity index (χ0) is 12.1. The van der Waals surface area contributed by atoms with Crippen LogP contribution in [0.1, 0.15) is 24.0 Å². The van der Waals surface area contributed by atoms with Crippen molar-refractivity contribution in [3.63, 3.8) is 0 Å². The van der Waals surface area contributed by atoms with Crippen LogP contribution in [0.3, 0.4) is 0 Å². The molecule has 0 atom stereocenters. The van der Waals surface area contributed by atoms with E-state index in [1.165, 1.54) is 5.69 Å². The summed E-state index contributed by atoms with van der Waals surface area (Å²) >= 11 is 0. The van der Waals surface area contributed by atoms with Crippen LogP contribution in [0.25, 0.3) is 0 Å². The summed E-state index contributed by atoms with van der Waals surface area (Å²) in [6.07, 6.45) is 1.68. The quantitative estimate of drug-likeness (QED) is 0.842. The molecule has 0 aliphatic carbocycles. The van der Waals surface area contributed by atoms with Gasteiger partial charge in [0.05, 0.1) is 17.1 Å². The molecule has 17 heavy (non-hydrogen) atoms. The van der Waals surface area contributed by atoms with Crippen LogP contribution in [0.4, 0.5) is 0 Å². The molecule has 5 nitrogen and oxygen atoms in total. The molecule has 0 fully saturated rings. The molecule has 0 saturated heterocycles. The maximum Gasteiger partial charge on any atom is 0.0769 e. The lowest BCUT2D eigenvalue weighted by Crippen LogP contribution is -2.17. The molecule has 0 aliphatic heterocycles. The molecular formula is C12H17N5. The molecule has 0 radical (unpaired) electrons. The van der Waals surface area contributed by atoms with Crippen LogP contribution in [0.15, 0.2) is 24.4 Å². The van der Waals surface area contributed by atoms with Crippen molar-refractivity contribution in [2.45, 2.75) is 33.5 Å². The summed E-state index contributed by atoms with van der Waals surface area (Å²) in [7, 11) is 0. The van der Waals surface area contributed by atoms with Crippen LogP contribution in [-0.2, 0) is 19.6 Å². The van der Waals surface area contributed by atoms with E-state index in [1.54, 1.807) is 6.20 Å². The predicted molar refractivity (Wildman–Crippen MR) is 65.2 cm³/mol. The molecule has 2 aromatic heterocycles. The normalized spacial score (nSPS) is 10.7. The summed E-state index contributed by atoms with van der Waals surface area (Å²) in [5.41, 5.74) is 3.21. The van der Waals surface area contributed by atoms with Gasteiger partial charge in [0.2, 0.25) is 0 Å². The average Bonchev–Trinajstić information content (AvgIpc) is 2.71. The van der Waals surface area contributed by atoms with Crippen LogP contribution in [0.5, 0.6) is 0 Å². The Morgan fingerprint density at radius 3 is 2.94 bits per heavy atom. The zero-order valence-corrected chi connectivity index (χ0v) is 10.2. The van der Waals surface area contributed by atoms with E-state index in [0.717, 1.165) is 31.0 Å². The van der Waals surface area contributed by atoms with Crippen molar-refractivity contribution in [3.05, 3.63) is 41.5 Å². The van der Waals surface area contributed by atoms with Crippen molar-refractivity contribution < 1.29 is 0 Å². The van der Waals surface area contributed by atoms with E-state index in [-0.39, 0.29) is 0 Å². The van der Waals surface area contributed by atoms with Gasteiger partial charge in [0.1, 0.15) is 0 Å². The predicted octanol–water partition coefficient (Wildman–Crippen LogP) is 1.29. The summed E-state index contributed by atoms with van der Waals surface area (Å²) in [6.45, 7) is 6.53. The third kappa shape index (κ3) is 3.10. The van der Waals surface area contributed by atoms with Crippen LogP contribution >= 0.6 is 0 Å². The minimum absolute atomic E-state index is 0.724. The van der Waals surface area contributed by atoms with Gasteiger partial charge in [0.15, 0.2) is 0 Å². The number of nitrogens with zero attached hydrogens (tertiary/aromatic N) is 4. The fraction of sp³-hybridized carbons (Fsp3) is 0.417. The van der Waals surface area contributed by atoms with E-state index in [1.807, 2.05) is 23.7 Å². The smallest absolute Gasteiger partial charge is 0.0769 e. The first-order valence-electron chi connectivity index (χ1n) is 5.80. The molecule has 5 heteroatoms. The van der Waals surface area contributed by atoms with Crippen molar-refractivity contribution >= 4 is 0 Å². The van der Waals surface area contributed by atoms with E-state index in [4.69, 9.17) is 0 Å². The van der Waals surface area contributed by atoms with E-state index >= 15 is 0 Å². The first kappa shape index (κ1) is 11.7. The number of aryl methyl sites for hydroxylation is 2. The third-order valence-corrected chi connectivity index (χ3v) is 2.52. The first-order valence-corrected chi connectivity index (χ1v) is 5.80. The monoisotopic (exact) mass is 231 g/mol. The zero-order valence-electron chi connectivity index (χ0n) is 10.2. The largest absolute Gasteiger partial charge is 0.305 e. The Balaban J connectivity index is 1.90. The highest BCUT2D eigenvalue weighted by atomic mass is 15.3. The molecule has 0 saturated carbocycles. The Morgan fingerprint density at radius 1 is 1.35 bits per heavy atom. The van der Waals surface area contributed by atoms with Gasteiger partial charge < -0.3 is 5.32 Å². The third-order valence-electron chi connectivity index (χ3n) is 2.52. The maximum atomic E-state index is 4.40. The topological polar surface area (TPSA) is 55.6 Å². The molecule has 0 aromatic carbocycles. The number of hydrogen-bond donors (Lipinski definition) is 1. The summed E-state index contributed by atoms with van der Waals surface area (Å²) < 4.78 is 2.01. The Morgan fingerprint density at radius 2 is 2.24 bits per heavy atom. The molecule has 2 rings (SSSR count). The van der Waals surface area contributed by atoms with E-state index < -0.39 is 0 Å². The van der Waals surface area contributed by atoms with Crippen LogP contribution in [0, 0.1) is 6.92 Å². The summed E-state index contributed by atoms with van der Waals surface area (Å²) in [5, 5.41) is 15.6. The van der Waals surface area contributed by atoms with Crippen LogP contribution in [-0.4, -0.2) is 20.0 Å². The van der Waals surface area contributed by atoms with Crippen molar-refractivity contribution in [3.8, 4) is 0 Å². The van der Waals surface area contributed by atoms with Crippen molar-refractivity contribution in [1.82, 2.24) is 25.3 Å². The summed E-state index contributed by atoms with van der Waals surface area (Å²) in [4.78, 5) is 0. The molecule has 2 aromatic rings. The second kappa shape index (κ2) is 5.54. The molecule has 0 spiro atoms. The number of nitrogens with one attached hydrogen (secondary N) is 1. The first-order chi connectivity index (χ1) is 8.29. The fourth-order valence-electron chi connectivity index (χ4n) is 1.76. The van der Waals surface area contributed by atoms with Gasteiger partial charge in [-0.3, -0.25) is 4.68 Å². The standard InChI is InChI=1S/C12H17N5/c1-3-17-12(7-10(2)16-17)9-13-8-11-5-4-6-14-15-11/h4-7,13H,3,8-9H2,1-2H3. The second-order valence-electron chi connectivity index (χ2n) is 3.91. The van der Waals surface area contributed by atoms with Gasteiger partial charge in [-0.25, -0.2) is 0 Å². The molecule has 1 N–H and O–H groups in total. The highest BCUT2D eigenvalue weighted by Crippen LogP contribution is 2.03. The number of hydrogen-bond acceptors (Lipinski definition) is 4. The number of rotatable bonds is 5. The van der Waals surface area contributed by atoms with Gasteiger partial charge in [-0.05, 0) is 32.0 Å². The maximum absolute atomic E-state index is 4.40. The fourth-order valence-corrected chi connectivity index (χ4v) is 1.76. The molecule has 0 unspecified atom stereocenters. The van der Waals surface area contributed by atoms with E-state index in [0.29, 0.717) is 0 Å². The second-order valence-corrected chi connectivity index (χ2v) is 3.91. The lowest BCUT2D eigenvalue weighted by Gasteiger charge is -2.05. The van der Waals surface area contributed by atoms with Crippen molar-refractivity contribution in [1.29, 1.82) is 0 Å². The molecule has 90 valence electrons. The molecular weight excluding hydrogens is 214 g/mol. The minimum Gasteiger partial charge on any atom is -0.305 e. The minimum atomic E-state index is 0.724. The van der Waals surface area contributed by atoms with Gasteiger partial charge in [0.25, 0.3) is 0 Å². The highest BCUT2D eigenvalue weighted by Gasteiger charge is 2.03. The van der Waals surface area contributed by atoms with E-state index in [9.17, 15) is 0 Å². The van der Waals surface area contributed by atoms with Gasteiger partial charge in [-0.15, -0.1) is 0 Å². The lowest BCUT2D eigenvalue weighted by atomic mass is 10.3. The van der Waals surface area contributed by atoms with Gasteiger partial charge in [0, 0.05) is 25.8 Å². The SMILES string of the molecule is CCn1nc(C)cc1CNCc1cccnn1. The summed E-state index contributed by atoms with van der Waals surface area (Å²) in [6, 6.07) is 5.96. The summed E-state index contributed by atoms with van der Waals surface area (Å²) in [5.74, 6) is 0. The molecule has 0 bridgehead atoms. The Hall–Kier alpha value is -1.75. The van der Waals surface area contributed by atoms with Gasteiger partial charge in [-0.2, -0.15) is 15.3 Å². The van der Waals surface area contributed by atoms with Crippen LogP contribution < -0.4 is 5.32 Å². The lowest BCUT2D eigenvalue weighted by molar-refractivity contribution is 0.574. The molecule has 0 aliphatic rings. The Kier molecular flexibility index (Phi) is 3.82. The molecule has 0 amide bonds. The Labute approximate surface area is 101 Å². The van der Waals surface area contributed by atoms with Gasteiger partial charge in [-0.1, -0.05) is 0 Å². The van der Waals surface area contributed by atoms with Gasteiger partial charge >= 0.3 is 0 Å². The highest BCUT2D eigenvalue weighted by molar-refractivity contribution is 5.09. The van der Waals surface area contributed by atoms with E-state index in [2.05, 4.69) is 33.6 Å². The van der Waals surface area contributed by atoms with Crippen LogP contribution in [0.2, 0.25) is 0 Å². The van der Waals surface area contributed by atoms with Crippen molar-refractivity contribution in [2.24, 2.45) is 0 Å². The van der Waals surface area contributed by atoms with Crippen molar-refractivity contribution in [2.75, 3.05) is 0 Å². The Bertz CT molecular complexity index is 463. The average molecular weight is 231 g/mol.